The van der Waals surface area contributed by atoms with Gasteiger partial charge in [-0.25, -0.2) is 0 Å². The van der Waals surface area contributed by atoms with Crippen molar-refractivity contribution in [3.05, 3.63) is 57.8 Å². The Morgan fingerprint density at radius 3 is 1.69 bits per heavy atom. The summed E-state index contributed by atoms with van der Waals surface area (Å²) in [5, 5.41) is 3.63. The topological polar surface area (TPSA) is 24.4 Å². The summed E-state index contributed by atoms with van der Waals surface area (Å²) in [5.41, 5.74) is 6.23. The van der Waals surface area contributed by atoms with Gasteiger partial charge in [-0.05, 0) is 50.9 Å². The molecule has 1 aliphatic heterocycles. The van der Waals surface area contributed by atoms with Crippen LogP contribution in [-0.4, -0.2) is 19.8 Å². The molecule has 0 spiro atoms. The maximum absolute atomic E-state index is 6.08. The highest BCUT2D eigenvalue weighted by Crippen LogP contribution is 2.22. The predicted octanol–water partition coefficient (Wildman–Crippen LogP) is 11.2. The van der Waals surface area contributed by atoms with Crippen LogP contribution in [0.25, 0.3) is 0 Å². The summed E-state index contributed by atoms with van der Waals surface area (Å²) < 4.78 is 0. The zero-order valence-electron chi connectivity index (χ0n) is 26.2. The standard InChI is InChI=1S/C11H15ClN2.C10H16.C8H18.2C2H6/c1-8-4-5-14-7-11(12)10(6-8)9(2)13-3;1-3-9-5-7-10(4-2)8-6-9;1-7(2)5-6-8(3)4;2*1-2/h6-7,13H,2,4-5H2,1,3H3;5,7H,3-4,6,8H2,1-2H3;7-8H,5-6H2,1-4H3;2*1-2H3/b8-6+,11-10-,14-7?;;;;. The number of halogens is 1. The molecular formula is C33H61ClN2. The highest BCUT2D eigenvalue weighted by Gasteiger charge is 2.06. The van der Waals surface area contributed by atoms with E-state index < -0.39 is 0 Å². The Hall–Kier alpha value is -1.54. The van der Waals surface area contributed by atoms with Gasteiger partial charge in [-0.3, -0.25) is 4.99 Å². The minimum Gasteiger partial charge on any atom is -0.388 e. The van der Waals surface area contributed by atoms with Crippen LogP contribution in [0.2, 0.25) is 0 Å². The van der Waals surface area contributed by atoms with Gasteiger partial charge in [0.05, 0.1) is 5.03 Å². The van der Waals surface area contributed by atoms with E-state index in [1.807, 2.05) is 34.7 Å². The molecule has 2 nitrogen and oxygen atoms in total. The van der Waals surface area contributed by atoms with Crippen molar-refractivity contribution in [3.8, 4) is 0 Å². The second-order valence-electron chi connectivity index (χ2n) is 9.49. The Balaban J connectivity index is -0.000000439. The summed E-state index contributed by atoms with van der Waals surface area (Å²) in [6.45, 7) is 28.4. The molecule has 0 unspecified atom stereocenters. The van der Waals surface area contributed by atoms with Gasteiger partial charge in [0.15, 0.2) is 0 Å². The Bertz CT molecular complexity index is 675. The van der Waals surface area contributed by atoms with Crippen LogP contribution in [-0.2, 0) is 0 Å². The molecule has 1 N–H and O–H groups in total. The summed E-state index contributed by atoms with van der Waals surface area (Å²) in [6.07, 6.45) is 17.2. The van der Waals surface area contributed by atoms with Crippen LogP contribution in [0.1, 0.15) is 121 Å². The molecule has 2 rings (SSSR count). The lowest BCUT2D eigenvalue weighted by Crippen LogP contribution is -2.08. The first-order valence-corrected chi connectivity index (χ1v) is 14.8. The fourth-order valence-corrected chi connectivity index (χ4v) is 3.43. The number of likely N-dealkylation sites (N-methyl/N-ethyl adjacent to an activating group) is 1. The monoisotopic (exact) mass is 520 g/mol. The Morgan fingerprint density at radius 1 is 0.917 bits per heavy atom. The van der Waals surface area contributed by atoms with Gasteiger partial charge < -0.3 is 5.32 Å². The summed E-state index contributed by atoms with van der Waals surface area (Å²) >= 11 is 6.08. The van der Waals surface area contributed by atoms with Crippen molar-refractivity contribution in [2.24, 2.45) is 16.8 Å². The fraction of sp³-hybridized carbons (Fsp3) is 0.667. The molecule has 3 heteroatoms. The van der Waals surface area contributed by atoms with Gasteiger partial charge in [-0.15, -0.1) is 0 Å². The maximum Gasteiger partial charge on any atom is 0.0677 e. The average molecular weight is 521 g/mol. The third kappa shape index (κ3) is 21.7. The SMILES string of the molecule is C=C(NC)C1=C(\Cl)C=NCC\C(C)=C\1.CC.CC.CC(C)CCC(C)C.CCC1=CC=C(CC)CC1. The third-order valence-corrected chi connectivity index (χ3v) is 5.97. The number of allylic oxidation sites excluding steroid dienone is 6. The van der Waals surface area contributed by atoms with Crippen molar-refractivity contribution in [3.63, 3.8) is 0 Å². The molecular weight excluding hydrogens is 460 g/mol. The van der Waals surface area contributed by atoms with Crippen molar-refractivity contribution >= 4 is 17.8 Å². The van der Waals surface area contributed by atoms with Crippen LogP contribution in [0.5, 0.6) is 0 Å². The molecule has 0 aromatic carbocycles. The lowest BCUT2D eigenvalue weighted by atomic mass is 9.96. The van der Waals surface area contributed by atoms with E-state index in [4.69, 9.17) is 11.6 Å². The highest BCUT2D eigenvalue weighted by atomic mass is 35.5. The highest BCUT2D eigenvalue weighted by molar-refractivity contribution is 6.40. The number of rotatable bonds is 7. The second-order valence-corrected chi connectivity index (χ2v) is 9.90. The van der Waals surface area contributed by atoms with Gasteiger partial charge in [-0.2, -0.15) is 0 Å². The lowest BCUT2D eigenvalue weighted by Gasteiger charge is -2.11. The Morgan fingerprint density at radius 2 is 1.36 bits per heavy atom. The van der Waals surface area contributed by atoms with Gasteiger partial charge in [0.2, 0.25) is 0 Å². The second kappa shape index (κ2) is 26.5. The van der Waals surface area contributed by atoms with E-state index in [0.29, 0.717) is 5.03 Å². The van der Waals surface area contributed by atoms with Crippen LogP contribution < -0.4 is 5.32 Å². The minimum absolute atomic E-state index is 0.642. The molecule has 2 aliphatic rings. The van der Waals surface area contributed by atoms with Crippen LogP contribution in [0.15, 0.2) is 62.8 Å². The third-order valence-electron chi connectivity index (χ3n) is 5.67. The molecule has 0 aromatic rings. The molecule has 0 atom stereocenters. The molecule has 0 aromatic heterocycles. The van der Waals surface area contributed by atoms with Crippen LogP contribution in [0.4, 0.5) is 0 Å². The van der Waals surface area contributed by atoms with E-state index >= 15 is 0 Å². The van der Waals surface area contributed by atoms with E-state index in [0.717, 1.165) is 36.1 Å². The van der Waals surface area contributed by atoms with Crippen LogP contribution >= 0.6 is 11.6 Å². The van der Waals surface area contributed by atoms with Gasteiger partial charge in [0.25, 0.3) is 0 Å². The summed E-state index contributed by atoms with van der Waals surface area (Å²) in [6, 6.07) is 0. The summed E-state index contributed by atoms with van der Waals surface area (Å²) in [5.74, 6) is 1.77. The largest absolute Gasteiger partial charge is 0.388 e. The van der Waals surface area contributed by atoms with Crippen molar-refractivity contribution in [2.75, 3.05) is 13.6 Å². The molecule has 1 heterocycles. The Labute approximate surface area is 232 Å². The van der Waals surface area contributed by atoms with Gasteiger partial charge in [-0.1, -0.05) is 135 Å². The van der Waals surface area contributed by atoms with E-state index in [1.54, 1.807) is 17.4 Å². The molecule has 1 aliphatic carbocycles. The van der Waals surface area contributed by atoms with E-state index in [2.05, 4.69) is 83.6 Å². The Kier molecular flexibility index (Phi) is 28.7. The van der Waals surface area contributed by atoms with E-state index in [1.165, 1.54) is 44.1 Å². The van der Waals surface area contributed by atoms with Crippen LogP contribution in [0, 0.1) is 11.8 Å². The lowest BCUT2D eigenvalue weighted by molar-refractivity contribution is 0.476. The van der Waals surface area contributed by atoms with Crippen molar-refractivity contribution in [2.45, 2.75) is 121 Å². The number of hydrogen-bond donors (Lipinski definition) is 1. The van der Waals surface area contributed by atoms with Crippen molar-refractivity contribution in [1.29, 1.82) is 0 Å². The fourth-order valence-electron chi connectivity index (χ4n) is 3.19. The van der Waals surface area contributed by atoms with Crippen molar-refractivity contribution in [1.82, 2.24) is 5.32 Å². The summed E-state index contributed by atoms with van der Waals surface area (Å²) in [4.78, 5) is 4.20. The van der Waals surface area contributed by atoms with E-state index in [-0.39, 0.29) is 0 Å². The molecule has 0 saturated carbocycles. The molecule has 0 amide bonds. The maximum atomic E-state index is 6.08. The molecule has 0 radical (unpaired) electrons. The first kappa shape index (κ1) is 39.0. The molecule has 0 bridgehead atoms. The smallest absolute Gasteiger partial charge is 0.0677 e. The van der Waals surface area contributed by atoms with Crippen LogP contribution in [0.3, 0.4) is 0 Å². The number of aliphatic imine (C=N–C) groups is 1. The normalized spacial score (nSPS) is 18.0. The first-order valence-electron chi connectivity index (χ1n) is 14.5. The molecule has 210 valence electrons. The zero-order chi connectivity index (χ0) is 28.5. The average Bonchev–Trinajstić information content (AvgIpc) is 2.90. The first-order chi connectivity index (χ1) is 17.1. The van der Waals surface area contributed by atoms with E-state index in [9.17, 15) is 0 Å². The van der Waals surface area contributed by atoms with Gasteiger partial charge in [0, 0.05) is 31.1 Å². The number of nitrogens with zero attached hydrogens (tertiary/aromatic N) is 1. The molecule has 0 saturated heterocycles. The quantitative estimate of drug-likeness (QED) is 0.354. The van der Waals surface area contributed by atoms with Gasteiger partial charge >= 0.3 is 0 Å². The molecule has 0 fully saturated rings. The summed E-state index contributed by atoms with van der Waals surface area (Å²) in [7, 11) is 1.83. The zero-order valence-corrected chi connectivity index (χ0v) is 26.9. The number of nitrogens with one attached hydrogen (secondary N) is 1. The predicted molar refractivity (Wildman–Crippen MR) is 170 cm³/mol. The van der Waals surface area contributed by atoms with Crippen molar-refractivity contribution < 1.29 is 0 Å². The minimum atomic E-state index is 0.642. The number of hydrogen-bond acceptors (Lipinski definition) is 2. The van der Waals surface area contributed by atoms with Gasteiger partial charge in [0.1, 0.15) is 0 Å². The molecule has 36 heavy (non-hydrogen) atoms.